The van der Waals surface area contributed by atoms with Gasteiger partial charge >= 0.3 is 11.4 Å². The fraction of sp³-hybridized carbons (Fsp3) is 0.500. The van der Waals surface area contributed by atoms with E-state index in [0.29, 0.717) is 6.08 Å². The molecule has 0 fully saturated rings. The summed E-state index contributed by atoms with van der Waals surface area (Å²) in [5.41, 5.74) is 0. The van der Waals surface area contributed by atoms with Gasteiger partial charge in [0.1, 0.15) is 0 Å². The molecule has 0 unspecified atom stereocenters. The van der Waals surface area contributed by atoms with Crippen molar-refractivity contribution in [2.24, 2.45) is 0 Å². The minimum Gasteiger partial charge on any atom is -0.463 e. The number of carbonyl (C=O) groups is 1. The lowest BCUT2D eigenvalue weighted by Gasteiger charge is -1.98. The minimum absolute atomic E-state index is 0.150. The predicted molar refractivity (Wildman–Crippen MR) is 36.6 cm³/mol. The molecule has 5 heteroatoms. The Hall–Kier alpha value is -0.640. The van der Waals surface area contributed by atoms with Gasteiger partial charge in [-0.15, -0.1) is 0 Å². The van der Waals surface area contributed by atoms with Gasteiger partial charge in [-0.1, -0.05) is 0 Å². The molecule has 0 bridgehead atoms. The van der Waals surface area contributed by atoms with Gasteiger partial charge in [0.2, 0.25) is 0 Å². The molecular weight excluding hydrogens is 178 g/mol. The van der Waals surface area contributed by atoms with Gasteiger partial charge in [0, 0.05) is 12.2 Å². The Morgan fingerprint density at radius 3 is 2.64 bits per heavy atom. The Balaban J connectivity index is 3.83. The summed E-state index contributed by atoms with van der Waals surface area (Å²) < 4.78 is 27.9. The molecule has 2 nitrogen and oxygen atoms in total. The van der Waals surface area contributed by atoms with E-state index in [1.54, 1.807) is 6.92 Å². The first-order valence-electron chi connectivity index (χ1n) is 2.88. The lowest BCUT2D eigenvalue weighted by atomic mass is 10.5. The van der Waals surface area contributed by atoms with Crippen molar-refractivity contribution in [2.75, 3.05) is 6.61 Å². The lowest BCUT2D eigenvalue weighted by molar-refractivity contribution is -0.137. The van der Waals surface area contributed by atoms with E-state index >= 15 is 0 Å². The van der Waals surface area contributed by atoms with Gasteiger partial charge in [-0.25, -0.2) is 4.79 Å². The Morgan fingerprint density at radius 2 is 2.27 bits per heavy atom. The molecule has 64 valence electrons. The number of esters is 1. The molecule has 0 aliphatic rings. The van der Waals surface area contributed by atoms with Crippen LogP contribution in [0.3, 0.4) is 0 Å². The first-order chi connectivity index (χ1) is 4.95. The zero-order valence-corrected chi connectivity index (χ0v) is 6.57. The molecule has 0 saturated heterocycles. The van der Waals surface area contributed by atoms with Crippen LogP contribution < -0.4 is 0 Å². The standard InChI is InChI=1S/C6H7ClF2O2/c1-2-11-5(10)3-4-6(7,8)9/h3-4H,2H2,1H3/b4-3+. The monoisotopic (exact) mass is 184 g/mol. The number of allylic oxidation sites excluding steroid dienone is 1. The van der Waals surface area contributed by atoms with E-state index < -0.39 is 11.4 Å². The molecule has 0 rings (SSSR count). The fourth-order valence-corrected chi connectivity index (χ4v) is 0.416. The van der Waals surface area contributed by atoms with Crippen molar-refractivity contribution < 1.29 is 18.3 Å². The highest BCUT2D eigenvalue weighted by molar-refractivity contribution is 6.23. The number of carbonyl (C=O) groups excluding carboxylic acids is 1. The highest BCUT2D eigenvalue weighted by atomic mass is 35.5. The normalized spacial score (nSPS) is 12.0. The summed E-state index contributed by atoms with van der Waals surface area (Å²) in [5, 5.41) is -3.48. The molecule has 0 spiro atoms. The van der Waals surface area contributed by atoms with E-state index in [1.807, 2.05) is 0 Å². The van der Waals surface area contributed by atoms with Gasteiger partial charge in [-0.2, -0.15) is 8.78 Å². The number of rotatable bonds is 3. The van der Waals surface area contributed by atoms with Crippen molar-refractivity contribution in [2.45, 2.75) is 12.3 Å². The molecule has 0 aliphatic heterocycles. The molecule has 0 aromatic heterocycles. The summed E-state index contributed by atoms with van der Waals surface area (Å²) in [7, 11) is 0. The van der Waals surface area contributed by atoms with E-state index in [2.05, 4.69) is 16.3 Å². The van der Waals surface area contributed by atoms with Gasteiger partial charge in [0.25, 0.3) is 0 Å². The summed E-state index contributed by atoms with van der Waals surface area (Å²) in [6.45, 7) is 1.72. The molecule has 0 saturated carbocycles. The molecular formula is C6H7ClF2O2. The molecule has 0 heterocycles. The van der Waals surface area contributed by atoms with Crippen LogP contribution in [0.5, 0.6) is 0 Å². The van der Waals surface area contributed by atoms with Gasteiger partial charge in [-0.05, 0) is 18.5 Å². The van der Waals surface area contributed by atoms with Crippen LogP contribution in [-0.2, 0) is 9.53 Å². The highest BCUT2D eigenvalue weighted by Crippen LogP contribution is 2.19. The third-order valence-electron chi connectivity index (χ3n) is 0.695. The molecule has 0 N–H and O–H groups in total. The average molecular weight is 185 g/mol. The lowest BCUT2D eigenvalue weighted by Crippen LogP contribution is -2.04. The maximum Gasteiger partial charge on any atom is 0.341 e. The topological polar surface area (TPSA) is 26.3 Å². The second kappa shape index (κ2) is 4.28. The number of hydrogen-bond donors (Lipinski definition) is 0. The Morgan fingerprint density at radius 1 is 1.73 bits per heavy atom. The Bertz CT molecular complexity index is 162. The van der Waals surface area contributed by atoms with Gasteiger partial charge in [-0.3, -0.25) is 0 Å². The number of alkyl halides is 3. The second-order valence-electron chi connectivity index (χ2n) is 1.63. The van der Waals surface area contributed by atoms with Crippen molar-refractivity contribution in [1.82, 2.24) is 0 Å². The zero-order chi connectivity index (χ0) is 8.91. The summed E-state index contributed by atoms with van der Waals surface area (Å²) in [4.78, 5) is 10.4. The summed E-state index contributed by atoms with van der Waals surface area (Å²) in [6.07, 6.45) is 0.864. The smallest absolute Gasteiger partial charge is 0.341 e. The fourth-order valence-electron chi connectivity index (χ4n) is 0.353. The van der Waals surface area contributed by atoms with E-state index in [0.717, 1.165) is 0 Å². The average Bonchev–Trinajstić information content (AvgIpc) is 1.83. The van der Waals surface area contributed by atoms with Crippen LogP contribution >= 0.6 is 11.6 Å². The number of ether oxygens (including phenoxy) is 1. The van der Waals surface area contributed by atoms with E-state index in [9.17, 15) is 13.6 Å². The van der Waals surface area contributed by atoms with E-state index in [-0.39, 0.29) is 12.7 Å². The number of hydrogen-bond acceptors (Lipinski definition) is 2. The molecule has 0 atom stereocenters. The predicted octanol–water partition coefficient (Wildman–Crippen LogP) is 1.94. The Kier molecular flexibility index (Phi) is 4.03. The van der Waals surface area contributed by atoms with Crippen LogP contribution in [0.25, 0.3) is 0 Å². The van der Waals surface area contributed by atoms with Crippen LogP contribution in [0.2, 0.25) is 0 Å². The van der Waals surface area contributed by atoms with Crippen LogP contribution in [0, 0.1) is 0 Å². The zero-order valence-electron chi connectivity index (χ0n) is 5.81. The van der Waals surface area contributed by atoms with Crippen LogP contribution in [0.1, 0.15) is 6.92 Å². The second-order valence-corrected chi connectivity index (χ2v) is 2.13. The SMILES string of the molecule is CCOC(=O)/C=C/C(F)(F)Cl. The molecule has 0 radical (unpaired) electrons. The van der Waals surface area contributed by atoms with Crippen molar-refractivity contribution >= 4 is 17.6 Å². The maximum atomic E-state index is 11.8. The van der Waals surface area contributed by atoms with Crippen molar-refractivity contribution in [3.8, 4) is 0 Å². The van der Waals surface area contributed by atoms with Crippen LogP contribution in [0.15, 0.2) is 12.2 Å². The first kappa shape index (κ1) is 10.4. The van der Waals surface area contributed by atoms with Gasteiger partial charge in [0.15, 0.2) is 0 Å². The van der Waals surface area contributed by atoms with Crippen LogP contribution in [-0.4, -0.2) is 18.0 Å². The first-order valence-corrected chi connectivity index (χ1v) is 3.26. The molecule has 0 amide bonds. The maximum absolute atomic E-state index is 11.8. The van der Waals surface area contributed by atoms with Gasteiger partial charge in [0.05, 0.1) is 6.61 Å². The third kappa shape index (κ3) is 7.25. The summed E-state index contributed by atoms with van der Waals surface area (Å²) >= 11 is 4.45. The van der Waals surface area contributed by atoms with E-state index in [4.69, 9.17) is 0 Å². The highest BCUT2D eigenvalue weighted by Gasteiger charge is 2.19. The number of halogens is 3. The molecule has 0 aromatic rings. The third-order valence-corrected chi connectivity index (χ3v) is 0.821. The Labute approximate surface area is 67.8 Å². The van der Waals surface area contributed by atoms with Crippen molar-refractivity contribution in [3.05, 3.63) is 12.2 Å². The van der Waals surface area contributed by atoms with Crippen LogP contribution in [0.4, 0.5) is 8.78 Å². The molecule has 0 aromatic carbocycles. The van der Waals surface area contributed by atoms with Crippen molar-refractivity contribution in [3.63, 3.8) is 0 Å². The minimum atomic E-state index is -3.48. The van der Waals surface area contributed by atoms with Crippen molar-refractivity contribution in [1.29, 1.82) is 0 Å². The quantitative estimate of drug-likeness (QED) is 0.381. The van der Waals surface area contributed by atoms with Gasteiger partial charge < -0.3 is 4.74 Å². The molecule has 11 heavy (non-hydrogen) atoms. The largest absolute Gasteiger partial charge is 0.463 e. The summed E-state index contributed by atoms with van der Waals surface area (Å²) in [5.74, 6) is -0.826. The van der Waals surface area contributed by atoms with E-state index in [1.165, 1.54) is 0 Å². The summed E-state index contributed by atoms with van der Waals surface area (Å²) in [6, 6.07) is 0. The molecule has 0 aliphatic carbocycles.